The highest BCUT2D eigenvalue weighted by Crippen LogP contribution is 2.40. The normalized spacial score (nSPS) is 13.9. The van der Waals surface area contributed by atoms with Crippen LogP contribution in [-0.2, 0) is 4.79 Å². The largest absolute Gasteiger partial charge is 0.351 e. The third-order valence-electron chi connectivity index (χ3n) is 3.82. The lowest BCUT2D eigenvalue weighted by Gasteiger charge is -2.06. The van der Waals surface area contributed by atoms with Gasteiger partial charge in [-0.1, -0.05) is 6.58 Å². The fourth-order valence-corrected chi connectivity index (χ4v) is 2.40. The number of rotatable bonds is 7. The molecule has 2 aromatic heterocycles. The van der Waals surface area contributed by atoms with Gasteiger partial charge in [0, 0.05) is 30.8 Å². The lowest BCUT2D eigenvalue weighted by Crippen LogP contribution is -2.34. The summed E-state index contributed by atoms with van der Waals surface area (Å²) < 4.78 is 27.6. The van der Waals surface area contributed by atoms with E-state index in [0.717, 1.165) is 23.4 Å². The van der Waals surface area contributed by atoms with E-state index >= 15 is 0 Å². The Bertz CT molecular complexity index is 829. The number of halogens is 2. The molecule has 0 saturated heterocycles. The van der Waals surface area contributed by atoms with Gasteiger partial charge in [-0.2, -0.15) is 5.10 Å². The van der Waals surface area contributed by atoms with Crippen LogP contribution in [0.2, 0.25) is 0 Å². The quantitative estimate of drug-likeness (QED) is 0.587. The summed E-state index contributed by atoms with van der Waals surface area (Å²) in [5.41, 5.74) is 0.563. The number of amides is 2. The zero-order chi connectivity index (χ0) is 18.0. The molecule has 0 aliphatic heterocycles. The predicted molar refractivity (Wildman–Crippen MR) is 85.5 cm³/mol. The predicted octanol–water partition coefficient (Wildman–Crippen LogP) is 1.58. The van der Waals surface area contributed by atoms with Crippen LogP contribution >= 0.6 is 0 Å². The van der Waals surface area contributed by atoms with Crippen LogP contribution in [0.15, 0.2) is 24.8 Å². The summed E-state index contributed by atoms with van der Waals surface area (Å²) in [5.74, 6) is -0.657. The molecule has 0 aromatic carbocycles. The van der Waals surface area contributed by atoms with Gasteiger partial charge in [-0.3, -0.25) is 9.59 Å². The average molecular weight is 349 g/mol. The van der Waals surface area contributed by atoms with Crippen LogP contribution in [0.4, 0.5) is 8.78 Å². The molecule has 0 radical (unpaired) electrons. The molecule has 2 N–H and O–H groups in total. The van der Waals surface area contributed by atoms with E-state index in [2.05, 4.69) is 27.3 Å². The SMILES string of the molecule is C=CC(=O)NCCNC(=O)c1cc2nc(C3CC3)cc(C(F)F)n2n1. The second kappa shape index (κ2) is 6.96. The summed E-state index contributed by atoms with van der Waals surface area (Å²) in [6, 6.07) is 2.74. The van der Waals surface area contributed by atoms with Gasteiger partial charge in [0.2, 0.25) is 5.91 Å². The highest BCUT2D eigenvalue weighted by Gasteiger charge is 2.28. The van der Waals surface area contributed by atoms with Gasteiger partial charge in [-0.25, -0.2) is 18.3 Å². The van der Waals surface area contributed by atoms with E-state index in [4.69, 9.17) is 0 Å². The van der Waals surface area contributed by atoms with Gasteiger partial charge in [0.1, 0.15) is 5.69 Å². The number of fused-ring (bicyclic) bond motifs is 1. The van der Waals surface area contributed by atoms with Crippen molar-refractivity contribution >= 4 is 17.5 Å². The molecular formula is C16H17F2N5O2. The van der Waals surface area contributed by atoms with E-state index in [1.807, 2.05) is 0 Å². The highest BCUT2D eigenvalue weighted by molar-refractivity contribution is 5.93. The first-order chi connectivity index (χ1) is 12.0. The summed E-state index contributed by atoms with van der Waals surface area (Å²) in [5, 5.41) is 9.01. The fourth-order valence-electron chi connectivity index (χ4n) is 2.40. The van der Waals surface area contributed by atoms with E-state index in [9.17, 15) is 18.4 Å². The van der Waals surface area contributed by atoms with Crippen LogP contribution in [0.1, 0.15) is 47.1 Å². The summed E-state index contributed by atoms with van der Waals surface area (Å²) in [6.07, 6.45) is 0.278. The van der Waals surface area contributed by atoms with Gasteiger partial charge in [0.15, 0.2) is 11.3 Å². The van der Waals surface area contributed by atoms with Crippen molar-refractivity contribution in [2.75, 3.05) is 13.1 Å². The molecular weight excluding hydrogens is 332 g/mol. The number of carbonyl (C=O) groups excluding carboxylic acids is 2. The van der Waals surface area contributed by atoms with Gasteiger partial charge in [-0.15, -0.1) is 0 Å². The Labute approximate surface area is 142 Å². The zero-order valence-electron chi connectivity index (χ0n) is 13.3. The van der Waals surface area contributed by atoms with Crippen LogP contribution in [0, 0.1) is 0 Å². The lowest BCUT2D eigenvalue weighted by atomic mass is 10.2. The van der Waals surface area contributed by atoms with Gasteiger partial charge in [0.25, 0.3) is 12.3 Å². The smallest absolute Gasteiger partial charge is 0.280 e. The van der Waals surface area contributed by atoms with Crippen molar-refractivity contribution in [3.05, 3.63) is 41.9 Å². The second-order valence-corrected chi connectivity index (χ2v) is 5.73. The molecule has 2 aromatic rings. The summed E-state index contributed by atoms with van der Waals surface area (Å²) in [4.78, 5) is 27.4. The first-order valence-electron chi connectivity index (χ1n) is 7.87. The van der Waals surface area contributed by atoms with E-state index in [1.54, 1.807) is 0 Å². The summed E-state index contributed by atoms with van der Waals surface area (Å²) in [7, 11) is 0. The van der Waals surface area contributed by atoms with Crippen LogP contribution < -0.4 is 10.6 Å². The standard InChI is InChI=1S/C16H17F2N5O2/c1-2-14(24)19-5-6-20-16(25)11-8-13-21-10(9-3-4-9)7-12(15(17)18)23(13)22-11/h2,7-9,15H,1,3-6H2,(H,19,24)(H,20,25). The van der Waals surface area contributed by atoms with Gasteiger partial charge in [0.05, 0.1) is 0 Å². The number of aromatic nitrogens is 3. The maximum absolute atomic E-state index is 13.3. The molecule has 0 spiro atoms. The molecule has 2 amide bonds. The molecule has 0 unspecified atom stereocenters. The number of nitrogens with one attached hydrogen (secondary N) is 2. The van der Waals surface area contributed by atoms with Gasteiger partial charge < -0.3 is 10.6 Å². The summed E-state index contributed by atoms with van der Waals surface area (Å²) >= 11 is 0. The molecule has 25 heavy (non-hydrogen) atoms. The van der Waals surface area contributed by atoms with Crippen molar-refractivity contribution in [2.24, 2.45) is 0 Å². The van der Waals surface area contributed by atoms with Crippen molar-refractivity contribution in [1.29, 1.82) is 0 Å². The Balaban J connectivity index is 1.75. The second-order valence-electron chi connectivity index (χ2n) is 5.73. The summed E-state index contributed by atoms with van der Waals surface area (Å²) in [6.45, 7) is 3.71. The Kier molecular flexibility index (Phi) is 4.73. The van der Waals surface area contributed by atoms with E-state index in [0.29, 0.717) is 5.69 Å². The molecule has 9 heteroatoms. The monoisotopic (exact) mass is 349 g/mol. The molecule has 1 aliphatic carbocycles. The lowest BCUT2D eigenvalue weighted by molar-refractivity contribution is -0.116. The molecule has 0 bridgehead atoms. The topological polar surface area (TPSA) is 88.4 Å². The minimum absolute atomic E-state index is 0.00241. The van der Waals surface area contributed by atoms with Gasteiger partial charge >= 0.3 is 0 Å². The average Bonchev–Trinajstić information content (AvgIpc) is 3.35. The van der Waals surface area contributed by atoms with Crippen molar-refractivity contribution < 1.29 is 18.4 Å². The van der Waals surface area contributed by atoms with Crippen LogP contribution in [0.5, 0.6) is 0 Å². The van der Waals surface area contributed by atoms with Gasteiger partial charge in [-0.05, 0) is 25.0 Å². The van der Waals surface area contributed by atoms with E-state index in [-0.39, 0.29) is 41.9 Å². The molecule has 1 fully saturated rings. The highest BCUT2D eigenvalue weighted by atomic mass is 19.3. The van der Waals surface area contributed by atoms with E-state index < -0.39 is 12.3 Å². The van der Waals surface area contributed by atoms with Crippen LogP contribution in [0.3, 0.4) is 0 Å². The van der Waals surface area contributed by atoms with Crippen molar-refractivity contribution in [2.45, 2.75) is 25.2 Å². The number of hydrogen-bond acceptors (Lipinski definition) is 4. The zero-order valence-corrected chi connectivity index (χ0v) is 13.3. The first-order valence-corrected chi connectivity index (χ1v) is 7.87. The molecule has 3 rings (SSSR count). The van der Waals surface area contributed by atoms with Crippen molar-refractivity contribution in [1.82, 2.24) is 25.2 Å². The van der Waals surface area contributed by atoms with Crippen LogP contribution in [-0.4, -0.2) is 39.5 Å². The minimum Gasteiger partial charge on any atom is -0.351 e. The molecule has 2 heterocycles. The third kappa shape index (κ3) is 3.81. The number of carbonyl (C=O) groups is 2. The Morgan fingerprint density at radius 1 is 1.32 bits per heavy atom. The molecule has 132 valence electrons. The molecule has 7 nitrogen and oxygen atoms in total. The Morgan fingerprint density at radius 2 is 2.04 bits per heavy atom. The number of alkyl halides is 2. The van der Waals surface area contributed by atoms with Crippen LogP contribution in [0.25, 0.3) is 5.65 Å². The van der Waals surface area contributed by atoms with Crippen molar-refractivity contribution in [3.63, 3.8) is 0 Å². The fraction of sp³-hybridized carbons (Fsp3) is 0.375. The Morgan fingerprint density at radius 3 is 2.68 bits per heavy atom. The minimum atomic E-state index is -2.71. The van der Waals surface area contributed by atoms with E-state index in [1.165, 1.54) is 12.1 Å². The Hall–Kier alpha value is -2.84. The van der Waals surface area contributed by atoms with Crippen molar-refractivity contribution in [3.8, 4) is 0 Å². The molecule has 1 saturated carbocycles. The maximum Gasteiger partial charge on any atom is 0.280 e. The molecule has 1 aliphatic rings. The number of hydrogen-bond donors (Lipinski definition) is 2. The number of nitrogens with zero attached hydrogens (tertiary/aromatic N) is 3. The molecule has 0 atom stereocenters. The maximum atomic E-state index is 13.3. The first kappa shape index (κ1) is 17.0. The third-order valence-corrected chi connectivity index (χ3v) is 3.82.